The van der Waals surface area contributed by atoms with Gasteiger partial charge in [-0.25, -0.2) is 45.2 Å². The second-order valence-electron chi connectivity index (χ2n) is 16.4. The number of aromatic nitrogens is 4. The Morgan fingerprint density at radius 3 is 2.03 bits per heavy atom. The number of carbonyl (C=O) groups is 2. The van der Waals surface area contributed by atoms with Gasteiger partial charge in [0.15, 0.2) is 9.79 Å². The van der Waals surface area contributed by atoms with E-state index in [4.69, 9.17) is 9.47 Å². The number of hydrogen-bond donors (Lipinski definition) is 4. The first-order valence-electron chi connectivity index (χ1n) is 19.9. The van der Waals surface area contributed by atoms with Crippen LogP contribution in [0, 0.1) is 5.92 Å². The van der Waals surface area contributed by atoms with E-state index >= 15 is 0 Å². The van der Waals surface area contributed by atoms with E-state index in [-0.39, 0.29) is 39.4 Å². The zero-order valence-corrected chi connectivity index (χ0v) is 33.9. The van der Waals surface area contributed by atoms with Gasteiger partial charge in [-0.05, 0) is 135 Å². The number of sulfonamides is 2. The fraction of sp³-hybridized carbons (Fsp3) is 0.487. The molecule has 0 spiro atoms. The molecule has 10 rings (SSSR count). The number of aryl methyl sites for hydroxylation is 2. The number of ether oxygens (including phenoxy) is 2. The molecule has 4 aromatic rings. The molecule has 0 bridgehead atoms. The van der Waals surface area contributed by atoms with Gasteiger partial charge in [0.1, 0.15) is 13.2 Å². The van der Waals surface area contributed by atoms with E-state index < -0.39 is 32.1 Å². The topological polar surface area (TPSA) is 208 Å². The molecule has 19 heteroatoms. The highest BCUT2D eigenvalue weighted by atomic mass is 32.2. The van der Waals surface area contributed by atoms with Gasteiger partial charge in [0.05, 0.1) is 31.5 Å². The van der Waals surface area contributed by atoms with E-state index in [0.29, 0.717) is 44.1 Å². The molecule has 2 aromatic carbocycles. The molecule has 17 nitrogen and oxygen atoms in total. The summed E-state index contributed by atoms with van der Waals surface area (Å²) in [7, 11) is -4.70. The van der Waals surface area contributed by atoms with Gasteiger partial charge >= 0.3 is 12.1 Å². The van der Waals surface area contributed by atoms with Crippen LogP contribution in [0.3, 0.4) is 0 Å². The SMILES string of the molecule is CN(C)C1COc2c(S(=O)(=O)NC(=O)Nc3c4c(cc5c3CCC5C3Cc5cc6c(c(NC(=O)NS(=O)(=O)c7cnn8c7OCC8)c5C3)CCC6)CCC4)cnn2C1. The van der Waals surface area contributed by atoms with Crippen molar-refractivity contribution in [3.63, 3.8) is 0 Å². The number of hydrogen-bond acceptors (Lipinski definition) is 11. The molecular weight excluding hydrogens is 787 g/mol. The van der Waals surface area contributed by atoms with Gasteiger partial charge in [0, 0.05) is 11.4 Å². The first-order valence-corrected chi connectivity index (χ1v) is 22.9. The molecule has 0 fully saturated rings. The highest BCUT2D eigenvalue weighted by Crippen LogP contribution is 2.51. The number of amides is 4. The molecule has 0 saturated heterocycles. The molecule has 3 unspecified atom stereocenters. The third-order valence-electron chi connectivity index (χ3n) is 12.9. The first kappa shape index (κ1) is 37.2. The van der Waals surface area contributed by atoms with Crippen LogP contribution >= 0.6 is 0 Å². The molecule has 3 atom stereocenters. The van der Waals surface area contributed by atoms with Gasteiger partial charge in [0.25, 0.3) is 20.0 Å². The quantitative estimate of drug-likeness (QED) is 0.203. The predicted molar refractivity (Wildman–Crippen MR) is 210 cm³/mol. The fourth-order valence-electron chi connectivity index (χ4n) is 10.1. The molecule has 4 amide bonds. The third-order valence-corrected chi connectivity index (χ3v) is 15.5. The number of urea groups is 2. The average Bonchev–Trinajstić information content (AvgIpc) is 4.02. The highest BCUT2D eigenvalue weighted by Gasteiger charge is 2.40. The summed E-state index contributed by atoms with van der Waals surface area (Å²) in [6, 6.07) is 2.93. The molecule has 306 valence electrons. The van der Waals surface area contributed by atoms with Gasteiger partial charge in [-0.2, -0.15) is 10.2 Å². The van der Waals surface area contributed by atoms with Crippen molar-refractivity contribution in [1.29, 1.82) is 0 Å². The molecule has 4 aliphatic carbocycles. The molecule has 0 saturated carbocycles. The smallest absolute Gasteiger partial charge is 0.333 e. The van der Waals surface area contributed by atoms with Crippen LogP contribution in [-0.2, 0) is 78.1 Å². The van der Waals surface area contributed by atoms with Gasteiger partial charge in [-0.3, -0.25) is 0 Å². The van der Waals surface area contributed by atoms with Crippen molar-refractivity contribution in [1.82, 2.24) is 33.9 Å². The molecule has 2 aliphatic heterocycles. The minimum atomic E-state index is -4.30. The lowest BCUT2D eigenvalue weighted by atomic mass is 9.84. The standard InChI is InChI=1S/C39H45N9O8S2/c1-46(2)25-19-48-37(56-20-25)33(18-41-48)58(53,54)44-38(49)42-34-28-8-4-6-22(28)15-31-26(9-10-29(31)34)24-14-23-13-21-5-3-7-27(21)35(30(23)16-24)43-39(50)45-57(51,52)32-17-40-47-11-12-55-36(32)47/h13,15,17-18,24-26H,3-12,14,16,19-20H2,1-2H3,(H2,42,44,49)(H2,43,45,50). The Labute approximate surface area is 335 Å². The Balaban J connectivity index is 0.884. The summed E-state index contributed by atoms with van der Waals surface area (Å²) < 4.78 is 72.2. The minimum absolute atomic E-state index is 0.0336. The molecule has 2 aromatic heterocycles. The zero-order chi connectivity index (χ0) is 40.1. The lowest BCUT2D eigenvalue weighted by molar-refractivity contribution is 0.117. The highest BCUT2D eigenvalue weighted by molar-refractivity contribution is 7.90. The second-order valence-corrected chi connectivity index (χ2v) is 19.7. The largest absolute Gasteiger partial charge is 0.475 e. The van der Waals surface area contributed by atoms with Crippen LogP contribution in [0.2, 0.25) is 0 Å². The number of nitrogens with zero attached hydrogens (tertiary/aromatic N) is 5. The minimum Gasteiger partial charge on any atom is -0.475 e. The van der Waals surface area contributed by atoms with Crippen LogP contribution in [-0.4, -0.2) is 86.7 Å². The lowest BCUT2D eigenvalue weighted by Crippen LogP contribution is -2.41. The summed E-state index contributed by atoms with van der Waals surface area (Å²) in [5, 5.41) is 14.2. The maximum atomic E-state index is 13.6. The molecular formula is C39H45N9O8S2. The molecule has 0 radical (unpaired) electrons. The van der Waals surface area contributed by atoms with Gasteiger partial charge in [-0.15, -0.1) is 0 Å². The number of nitrogens with one attached hydrogen (secondary N) is 4. The van der Waals surface area contributed by atoms with Crippen molar-refractivity contribution in [2.24, 2.45) is 5.92 Å². The van der Waals surface area contributed by atoms with Crippen LogP contribution in [0.5, 0.6) is 11.8 Å². The van der Waals surface area contributed by atoms with E-state index in [0.717, 1.165) is 85.6 Å². The zero-order valence-electron chi connectivity index (χ0n) is 32.3. The van der Waals surface area contributed by atoms with Crippen molar-refractivity contribution >= 4 is 43.5 Å². The monoisotopic (exact) mass is 831 g/mol. The number of rotatable bonds is 8. The maximum Gasteiger partial charge on any atom is 0.333 e. The van der Waals surface area contributed by atoms with E-state index in [9.17, 15) is 26.4 Å². The van der Waals surface area contributed by atoms with Crippen LogP contribution in [0.15, 0.2) is 34.3 Å². The summed E-state index contributed by atoms with van der Waals surface area (Å²) in [4.78, 5) is 28.7. The number of fused-ring (bicyclic) bond motifs is 6. The Morgan fingerprint density at radius 2 is 1.36 bits per heavy atom. The maximum absolute atomic E-state index is 13.6. The summed E-state index contributed by atoms with van der Waals surface area (Å²) in [5.41, 5.74) is 10.3. The molecule has 4 heterocycles. The van der Waals surface area contributed by atoms with Crippen LogP contribution in [0.4, 0.5) is 21.0 Å². The van der Waals surface area contributed by atoms with Crippen molar-refractivity contribution < 1.29 is 35.9 Å². The van der Waals surface area contributed by atoms with Crippen molar-refractivity contribution in [3.8, 4) is 11.8 Å². The molecule has 58 heavy (non-hydrogen) atoms. The van der Waals surface area contributed by atoms with Gasteiger partial charge in [-0.1, -0.05) is 12.1 Å². The van der Waals surface area contributed by atoms with Gasteiger partial charge < -0.3 is 25.0 Å². The van der Waals surface area contributed by atoms with Crippen molar-refractivity contribution in [2.75, 3.05) is 37.9 Å². The fourth-order valence-corrected chi connectivity index (χ4v) is 12.1. The number of carbonyl (C=O) groups excluding carboxylic acids is 2. The number of likely N-dealkylation sites (N-methyl/N-ethyl adjacent to an activating group) is 1. The predicted octanol–water partition coefficient (Wildman–Crippen LogP) is 3.24. The summed E-state index contributed by atoms with van der Waals surface area (Å²) >= 11 is 0. The van der Waals surface area contributed by atoms with E-state index in [1.165, 1.54) is 38.4 Å². The first-order chi connectivity index (χ1) is 27.8. The van der Waals surface area contributed by atoms with Gasteiger partial charge in [0.2, 0.25) is 11.8 Å². The lowest BCUT2D eigenvalue weighted by Gasteiger charge is -2.29. The average molecular weight is 832 g/mol. The van der Waals surface area contributed by atoms with E-state index in [1.54, 1.807) is 0 Å². The van der Waals surface area contributed by atoms with Crippen LogP contribution in [0.25, 0.3) is 0 Å². The van der Waals surface area contributed by atoms with Crippen LogP contribution < -0.4 is 29.6 Å². The number of benzene rings is 2. The Hall–Kier alpha value is -5.14. The van der Waals surface area contributed by atoms with E-state index in [2.05, 4.69) is 42.4 Å². The number of anilines is 2. The molecule has 6 aliphatic rings. The second kappa shape index (κ2) is 13.7. The summed E-state index contributed by atoms with van der Waals surface area (Å²) in [6.45, 7) is 1.52. The van der Waals surface area contributed by atoms with Crippen molar-refractivity contribution in [2.45, 2.75) is 99.0 Å². The van der Waals surface area contributed by atoms with E-state index in [1.807, 2.05) is 19.0 Å². The van der Waals surface area contributed by atoms with Crippen molar-refractivity contribution in [3.05, 3.63) is 69.0 Å². The summed E-state index contributed by atoms with van der Waals surface area (Å²) in [5.74, 6) is 0.615. The Morgan fingerprint density at radius 1 is 0.741 bits per heavy atom. The molecule has 4 N–H and O–H groups in total. The van der Waals surface area contributed by atoms with Crippen LogP contribution in [0.1, 0.15) is 69.7 Å². The Kier molecular flexibility index (Phi) is 8.79. The summed E-state index contributed by atoms with van der Waals surface area (Å²) in [6.07, 6.45) is 10.7. The third kappa shape index (κ3) is 6.20. The normalized spacial score (nSPS) is 21.3. The Bertz CT molecular complexity index is 2640.